The number of hydrogen-bond acceptors (Lipinski definition) is 6. The Hall–Kier alpha value is -3.56. The Morgan fingerprint density at radius 3 is 2.51 bits per heavy atom. The molecule has 1 aliphatic rings. The molecule has 0 spiro atoms. The molecular weight excluding hydrogens is 490 g/mol. The van der Waals surface area contributed by atoms with Crippen molar-refractivity contribution in [2.24, 2.45) is 0 Å². The molecular formula is C25H24ClN3O5S. The number of fused-ring (bicyclic) bond motifs is 1. The van der Waals surface area contributed by atoms with Gasteiger partial charge in [-0.1, -0.05) is 41.9 Å². The summed E-state index contributed by atoms with van der Waals surface area (Å²) >= 11 is 6.08. The predicted octanol–water partition coefficient (Wildman–Crippen LogP) is 3.63. The molecule has 4 rings (SSSR count). The SMILES string of the molecule is COc1ccc(CNC(=O)c2ccc3c(c2)NC(=O)[C@H](CS(=O)(=O)Cc2ccccc2Cl)N3)cc1. The third-order valence-corrected chi connectivity index (χ3v) is 7.51. The molecule has 0 fully saturated rings. The van der Waals surface area contributed by atoms with Crippen LogP contribution in [0.3, 0.4) is 0 Å². The van der Waals surface area contributed by atoms with E-state index in [1.165, 1.54) is 0 Å². The van der Waals surface area contributed by atoms with Gasteiger partial charge in [-0.3, -0.25) is 9.59 Å². The van der Waals surface area contributed by atoms with Crippen LogP contribution in [-0.4, -0.2) is 39.1 Å². The smallest absolute Gasteiger partial charge is 0.251 e. The van der Waals surface area contributed by atoms with Crippen LogP contribution in [0.4, 0.5) is 11.4 Å². The van der Waals surface area contributed by atoms with Crippen LogP contribution in [0.1, 0.15) is 21.5 Å². The maximum Gasteiger partial charge on any atom is 0.251 e. The zero-order valence-corrected chi connectivity index (χ0v) is 20.4. The van der Waals surface area contributed by atoms with E-state index in [2.05, 4.69) is 16.0 Å². The van der Waals surface area contributed by atoms with Crippen molar-refractivity contribution in [2.75, 3.05) is 23.5 Å². The van der Waals surface area contributed by atoms with E-state index in [0.717, 1.165) is 11.3 Å². The Bertz CT molecular complexity index is 1360. The summed E-state index contributed by atoms with van der Waals surface area (Å²) in [5.41, 5.74) is 2.70. The fourth-order valence-electron chi connectivity index (χ4n) is 3.70. The third-order valence-electron chi connectivity index (χ3n) is 5.55. The highest BCUT2D eigenvalue weighted by Crippen LogP contribution is 2.29. The number of anilines is 2. The standard InChI is InChI=1S/C25H24ClN3O5S/c1-34-19-9-6-16(7-10-19)13-27-24(30)17-8-11-21-22(12-17)29-25(31)23(28-21)15-35(32,33)14-18-4-2-3-5-20(18)26/h2-12,23,28H,13-15H2,1H3,(H,27,30)(H,29,31)/t23-/m0/s1. The summed E-state index contributed by atoms with van der Waals surface area (Å²) < 4.78 is 30.5. The number of carbonyl (C=O) groups excluding carboxylic acids is 2. The first-order valence-corrected chi connectivity index (χ1v) is 13.0. The number of carbonyl (C=O) groups is 2. The van der Waals surface area contributed by atoms with Crippen LogP contribution in [0.5, 0.6) is 5.75 Å². The molecule has 0 aliphatic carbocycles. The zero-order valence-electron chi connectivity index (χ0n) is 18.9. The van der Waals surface area contributed by atoms with E-state index >= 15 is 0 Å². The summed E-state index contributed by atoms with van der Waals surface area (Å²) in [5, 5.41) is 8.87. The second-order valence-electron chi connectivity index (χ2n) is 8.12. The molecule has 0 unspecified atom stereocenters. The Balaban J connectivity index is 1.40. The lowest BCUT2D eigenvalue weighted by atomic mass is 10.1. The molecule has 1 heterocycles. The lowest BCUT2D eigenvalue weighted by Gasteiger charge is -2.27. The number of halogens is 1. The Morgan fingerprint density at radius 2 is 1.80 bits per heavy atom. The molecule has 182 valence electrons. The van der Waals surface area contributed by atoms with Gasteiger partial charge < -0.3 is 20.7 Å². The molecule has 3 aromatic rings. The lowest BCUT2D eigenvalue weighted by Crippen LogP contribution is -2.43. The van der Waals surface area contributed by atoms with Crippen LogP contribution >= 0.6 is 11.6 Å². The van der Waals surface area contributed by atoms with Crippen LogP contribution in [0, 0.1) is 0 Å². The van der Waals surface area contributed by atoms with Gasteiger partial charge in [0, 0.05) is 17.1 Å². The molecule has 0 bridgehead atoms. The monoisotopic (exact) mass is 513 g/mol. The number of methoxy groups -OCH3 is 1. The van der Waals surface area contributed by atoms with E-state index in [-0.39, 0.29) is 11.7 Å². The normalized spacial score (nSPS) is 14.9. The molecule has 1 atom stereocenters. The fraction of sp³-hybridized carbons (Fsp3) is 0.200. The highest BCUT2D eigenvalue weighted by molar-refractivity contribution is 7.90. The topological polar surface area (TPSA) is 114 Å². The molecule has 3 aromatic carbocycles. The molecule has 35 heavy (non-hydrogen) atoms. The fourth-order valence-corrected chi connectivity index (χ4v) is 5.57. The van der Waals surface area contributed by atoms with E-state index in [0.29, 0.717) is 34.1 Å². The number of ether oxygens (including phenoxy) is 1. The minimum atomic E-state index is -3.63. The average Bonchev–Trinajstić information content (AvgIpc) is 2.84. The first-order valence-electron chi connectivity index (χ1n) is 10.8. The molecule has 2 amide bonds. The summed E-state index contributed by atoms with van der Waals surface area (Å²) in [5.74, 6) is -0.724. The van der Waals surface area contributed by atoms with Gasteiger partial charge in [-0.15, -0.1) is 0 Å². The van der Waals surface area contributed by atoms with Crippen LogP contribution in [0.25, 0.3) is 0 Å². The largest absolute Gasteiger partial charge is 0.497 e. The molecule has 1 aliphatic heterocycles. The van der Waals surface area contributed by atoms with Crippen molar-refractivity contribution in [3.63, 3.8) is 0 Å². The van der Waals surface area contributed by atoms with E-state index < -0.39 is 27.5 Å². The molecule has 10 heteroatoms. The van der Waals surface area contributed by atoms with Crippen LogP contribution in [0.2, 0.25) is 5.02 Å². The van der Waals surface area contributed by atoms with Crippen LogP contribution in [-0.2, 0) is 26.9 Å². The number of hydrogen-bond donors (Lipinski definition) is 3. The van der Waals surface area contributed by atoms with E-state index in [1.807, 2.05) is 24.3 Å². The van der Waals surface area contributed by atoms with Crippen molar-refractivity contribution < 1.29 is 22.7 Å². The van der Waals surface area contributed by atoms with Gasteiger partial charge in [-0.25, -0.2) is 8.42 Å². The maximum atomic E-state index is 12.7. The van der Waals surface area contributed by atoms with Gasteiger partial charge in [-0.2, -0.15) is 0 Å². The number of sulfone groups is 1. The van der Waals surface area contributed by atoms with Gasteiger partial charge in [0.1, 0.15) is 11.8 Å². The van der Waals surface area contributed by atoms with Crippen LogP contribution < -0.4 is 20.7 Å². The maximum absolute atomic E-state index is 12.7. The minimum absolute atomic E-state index is 0.266. The number of nitrogens with one attached hydrogen (secondary N) is 3. The van der Waals surface area contributed by atoms with Gasteiger partial charge in [0.2, 0.25) is 5.91 Å². The predicted molar refractivity (Wildman–Crippen MR) is 136 cm³/mol. The first-order chi connectivity index (χ1) is 16.7. The number of amides is 2. The van der Waals surface area contributed by atoms with Crippen molar-refractivity contribution in [3.05, 3.63) is 88.4 Å². The summed E-state index contributed by atoms with van der Waals surface area (Å²) in [6, 6.07) is 17.9. The van der Waals surface area contributed by atoms with E-state index in [1.54, 1.807) is 49.6 Å². The Labute approximate surface area is 208 Å². The minimum Gasteiger partial charge on any atom is -0.497 e. The first kappa shape index (κ1) is 24.6. The summed E-state index contributed by atoms with van der Waals surface area (Å²) in [6.07, 6.45) is 0. The Morgan fingerprint density at radius 1 is 1.06 bits per heavy atom. The zero-order chi connectivity index (χ0) is 25.0. The van der Waals surface area contributed by atoms with Crippen molar-refractivity contribution in [3.8, 4) is 5.75 Å². The highest BCUT2D eigenvalue weighted by atomic mass is 35.5. The number of rotatable bonds is 8. The van der Waals surface area contributed by atoms with Gasteiger partial charge in [0.15, 0.2) is 9.84 Å². The lowest BCUT2D eigenvalue weighted by molar-refractivity contribution is -0.116. The Kier molecular flexibility index (Phi) is 7.28. The summed E-state index contributed by atoms with van der Waals surface area (Å²) in [6.45, 7) is 0.329. The van der Waals surface area contributed by atoms with Gasteiger partial charge in [-0.05, 0) is 47.5 Å². The third kappa shape index (κ3) is 6.12. The number of benzene rings is 3. The van der Waals surface area contributed by atoms with Gasteiger partial charge in [0.05, 0.1) is 30.0 Å². The highest BCUT2D eigenvalue weighted by Gasteiger charge is 2.31. The quantitative estimate of drug-likeness (QED) is 0.424. The summed E-state index contributed by atoms with van der Waals surface area (Å²) in [7, 11) is -2.05. The van der Waals surface area contributed by atoms with Gasteiger partial charge in [0.25, 0.3) is 5.91 Å². The second-order valence-corrected chi connectivity index (χ2v) is 10.6. The van der Waals surface area contributed by atoms with Crippen molar-refractivity contribution in [2.45, 2.75) is 18.3 Å². The van der Waals surface area contributed by atoms with Crippen LogP contribution in [0.15, 0.2) is 66.7 Å². The van der Waals surface area contributed by atoms with Crippen molar-refractivity contribution in [1.82, 2.24) is 5.32 Å². The molecule has 3 N–H and O–H groups in total. The second kappa shape index (κ2) is 10.4. The molecule has 0 saturated heterocycles. The van der Waals surface area contributed by atoms with Crippen molar-refractivity contribution in [1.29, 1.82) is 0 Å². The molecule has 0 radical (unpaired) electrons. The molecule has 0 aromatic heterocycles. The van der Waals surface area contributed by atoms with E-state index in [9.17, 15) is 18.0 Å². The van der Waals surface area contributed by atoms with E-state index in [4.69, 9.17) is 16.3 Å². The summed E-state index contributed by atoms with van der Waals surface area (Å²) in [4.78, 5) is 25.2. The molecule has 8 nitrogen and oxygen atoms in total. The van der Waals surface area contributed by atoms with Gasteiger partial charge >= 0.3 is 0 Å². The average molecular weight is 514 g/mol. The van der Waals surface area contributed by atoms with Crippen molar-refractivity contribution >= 4 is 44.6 Å². The molecule has 0 saturated carbocycles.